The number of carbonyl (C=O) groups is 1. The summed E-state index contributed by atoms with van der Waals surface area (Å²) in [5, 5.41) is 0. The fraction of sp³-hybridized carbons (Fsp3) is 0.533. The molecule has 2 amide bonds. The number of nitrogens with zero attached hydrogens (tertiary/aromatic N) is 2. The second-order valence-electron chi connectivity index (χ2n) is 4.98. The third-order valence-electron chi connectivity index (χ3n) is 3.45. The van der Waals surface area contributed by atoms with Gasteiger partial charge in [-0.15, -0.1) is 0 Å². The van der Waals surface area contributed by atoms with Crippen LogP contribution in [0.3, 0.4) is 0 Å². The maximum absolute atomic E-state index is 12.3. The Morgan fingerprint density at radius 2 is 1.95 bits per heavy atom. The summed E-state index contributed by atoms with van der Waals surface area (Å²) in [5.41, 5.74) is 7.27. The van der Waals surface area contributed by atoms with Gasteiger partial charge in [0, 0.05) is 37.6 Å². The molecule has 20 heavy (non-hydrogen) atoms. The van der Waals surface area contributed by atoms with Crippen LogP contribution in [-0.2, 0) is 4.74 Å². The molecule has 1 aromatic rings. The largest absolute Gasteiger partial charge is 0.399 e. The zero-order chi connectivity index (χ0) is 14.4. The predicted molar refractivity (Wildman–Crippen MR) is 80.9 cm³/mol. The van der Waals surface area contributed by atoms with Gasteiger partial charge in [0.1, 0.15) is 0 Å². The number of ether oxygens (including phenoxy) is 1. The molecule has 1 aliphatic heterocycles. The molecule has 0 aliphatic carbocycles. The molecule has 1 aromatic carbocycles. The lowest BCUT2D eigenvalue weighted by Crippen LogP contribution is -2.34. The Balaban J connectivity index is 1.81. The first kappa shape index (κ1) is 14.7. The Bertz CT molecular complexity index is 433. The summed E-state index contributed by atoms with van der Waals surface area (Å²) in [6, 6.07) is 7.45. The molecule has 5 nitrogen and oxygen atoms in total. The van der Waals surface area contributed by atoms with Crippen LogP contribution < -0.4 is 10.6 Å². The van der Waals surface area contributed by atoms with Crippen LogP contribution >= 0.6 is 0 Å². The van der Waals surface area contributed by atoms with E-state index in [4.69, 9.17) is 10.5 Å². The van der Waals surface area contributed by atoms with Crippen LogP contribution in [0.1, 0.15) is 19.8 Å². The van der Waals surface area contributed by atoms with Crippen LogP contribution in [-0.4, -0.2) is 43.8 Å². The number of benzene rings is 1. The third-order valence-corrected chi connectivity index (χ3v) is 3.45. The molecule has 2 N–H and O–H groups in total. The van der Waals surface area contributed by atoms with Gasteiger partial charge in [-0.3, -0.25) is 4.90 Å². The molecule has 1 saturated heterocycles. The topological polar surface area (TPSA) is 58.8 Å². The van der Waals surface area contributed by atoms with Crippen molar-refractivity contribution in [2.45, 2.75) is 19.8 Å². The van der Waals surface area contributed by atoms with Gasteiger partial charge in [-0.05, 0) is 30.7 Å². The molecule has 110 valence electrons. The van der Waals surface area contributed by atoms with E-state index in [9.17, 15) is 4.79 Å². The Morgan fingerprint density at radius 3 is 2.65 bits per heavy atom. The molecular formula is C15H23N3O2. The third kappa shape index (κ3) is 3.63. The molecule has 0 spiro atoms. The number of amides is 2. The molecule has 1 aliphatic rings. The maximum atomic E-state index is 12.3. The first-order valence-corrected chi connectivity index (χ1v) is 7.22. The molecule has 0 aromatic heterocycles. The van der Waals surface area contributed by atoms with E-state index in [2.05, 4.69) is 6.92 Å². The highest BCUT2D eigenvalue weighted by atomic mass is 16.5. The van der Waals surface area contributed by atoms with Gasteiger partial charge in [0.15, 0.2) is 0 Å². The van der Waals surface area contributed by atoms with E-state index in [0.717, 1.165) is 38.2 Å². The van der Waals surface area contributed by atoms with Gasteiger partial charge in [0.25, 0.3) is 0 Å². The van der Waals surface area contributed by atoms with E-state index >= 15 is 0 Å². The lowest BCUT2D eigenvalue weighted by molar-refractivity contribution is 0.113. The SMILES string of the molecule is CCCCOCCN1CCN(c2ccc(N)cc2)C1=O. The van der Waals surface area contributed by atoms with Crippen LogP contribution in [0.25, 0.3) is 0 Å². The van der Waals surface area contributed by atoms with Crippen molar-refractivity contribution in [3.63, 3.8) is 0 Å². The van der Waals surface area contributed by atoms with Crippen LogP contribution in [0.15, 0.2) is 24.3 Å². The highest BCUT2D eigenvalue weighted by Gasteiger charge is 2.28. The summed E-state index contributed by atoms with van der Waals surface area (Å²) in [5.74, 6) is 0. The Kier molecular flexibility index (Phi) is 5.24. The fourth-order valence-corrected chi connectivity index (χ4v) is 2.21. The quantitative estimate of drug-likeness (QED) is 0.614. The predicted octanol–water partition coefficient (Wildman–Crippen LogP) is 2.33. The number of rotatable bonds is 7. The molecule has 5 heteroatoms. The van der Waals surface area contributed by atoms with Crippen molar-refractivity contribution in [2.24, 2.45) is 0 Å². The first-order chi connectivity index (χ1) is 9.72. The fourth-order valence-electron chi connectivity index (χ4n) is 2.21. The van der Waals surface area contributed by atoms with Gasteiger partial charge in [0.05, 0.1) is 6.61 Å². The summed E-state index contributed by atoms with van der Waals surface area (Å²) in [6.07, 6.45) is 2.21. The standard InChI is InChI=1S/C15H23N3O2/c1-2-3-11-20-12-10-17-8-9-18(15(17)19)14-6-4-13(16)5-7-14/h4-7H,2-3,8-12,16H2,1H3. The average Bonchev–Trinajstić information content (AvgIpc) is 2.81. The lowest BCUT2D eigenvalue weighted by Gasteiger charge is -2.18. The number of anilines is 2. The monoisotopic (exact) mass is 277 g/mol. The number of unbranched alkanes of at least 4 members (excludes halogenated alkanes) is 1. The average molecular weight is 277 g/mol. The van der Waals surface area contributed by atoms with Gasteiger partial charge < -0.3 is 15.4 Å². The molecule has 0 saturated carbocycles. The number of carbonyl (C=O) groups excluding carboxylic acids is 1. The van der Waals surface area contributed by atoms with E-state index in [-0.39, 0.29) is 6.03 Å². The smallest absolute Gasteiger partial charge is 0.324 e. The van der Waals surface area contributed by atoms with E-state index in [1.807, 2.05) is 29.2 Å². The number of nitrogens with two attached hydrogens (primary N) is 1. The van der Waals surface area contributed by atoms with Crippen molar-refractivity contribution < 1.29 is 9.53 Å². The second kappa shape index (κ2) is 7.14. The number of hydrogen-bond acceptors (Lipinski definition) is 3. The van der Waals surface area contributed by atoms with Crippen LogP contribution in [0.4, 0.5) is 16.2 Å². The molecule has 2 rings (SSSR count). The van der Waals surface area contributed by atoms with Crippen molar-refractivity contribution >= 4 is 17.4 Å². The van der Waals surface area contributed by atoms with Gasteiger partial charge >= 0.3 is 6.03 Å². The van der Waals surface area contributed by atoms with Gasteiger partial charge in [-0.25, -0.2) is 4.79 Å². The highest BCUT2D eigenvalue weighted by Crippen LogP contribution is 2.21. The minimum absolute atomic E-state index is 0.0499. The van der Waals surface area contributed by atoms with Crippen LogP contribution in [0, 0.1) is 0 Å². The summed E-state index contributed by atoms with van der Waals surface area (Å²) in [4.78, 5) is 15.9. The van der Waals surface area contributed by atoms with Gasteiger partial charge in [-0.1, -0.05) is 13.3 Å². The number of hydrogen-bond donors (Lipinski definition) is 1. The van der Waals surface area contributed by atoms with Crippen molar-refractivity contribution in [3.05, 3.63) is 24.3 Å². The minimum atomic E-state index is 0.0499. The Morgan fingerprint density at radius 1 is 1.20 bits per heavy atom. The molecule has 0 unspecified atom stereocenters. The van der Waals surface area contributed by atoms with Gasteiger partial charge in [-0.2, -0.15) is 0 Å². The van der Waals surface area contributed by atoms with E-state index in [1.54, 1.807) is 4.90 Å². The van der Waals surface area contributed by atoms with Crippen molar-refractivity contribution in [2.75, 3.05) is 43.5 Å². The summed E-state index contributed by atoms with van der Waals surface area (Å²) >= 11 is 0. The second-order valence-corrected chi connectivity index (χ2v) is 4.98. The summed E-state index contributed by atoms with van der Waals surface area (Å²) in [7, 11) is 0. The molecule has 1 heterocycles. The lowest BCUT2D eigenvalue weighted by atomic mass is 10.2. The highest BCUT2D eigenvalue weighted by molar-refractivity contribution is 5.94. The van der Waals surface area contributed by atoms with Gasteiger partial charge in [0.2, 0.25) is 0 Å². The summed E-state index contributed by atoms with van der Waals surface area (Å²) < 4.78 is 5.51. The normalized spacial score (nSPS) is 15.2. The van der Waals surface area contributed by atoms with Crippen molar-refractivity contribution in [3.8, 4) is 0 Å². The Labute approximate surface area is 120 Å². The zero-order valence-electron chi connectivity index (χ0n) is 12.0. The molecule has 0 bridgehead atoms. The maximum Gasteiger partial charge on any atom is 0.324 e. The summed E-state index contributed by atoms with van der Waals surface area (Å²) in [6.45, 7) is 5.66. The molecule has 0 atom stereocenters. The minimum Gasteiger partial charge on any atom is -0.399 e. The van der Waals surface area contributed by atoms with E-state index in [1.165, 1.54) is 0 Å². The number of urea groups is 1. The Hall–Kier alpha value is -1.75. The van der Waals surface area contributed by atoms with Crippen LogP contribution in [0.5, 0.6) is 0 Å². The van der Waals surface area contributed by atoms with E-state index in [0.29, 0.717) is 18.8 Å². The molecule has 1 fully saturated rings. The van der Waals surface area contributed by atoms with E-state index < -0.39 is 0 Å². The molecular weight excluding hydrogens is 254 g/mol. The zero-order valence-corrected chi connectivity index (χ0v) is 12.0. The van der Waals surface area contributed by atoms with Crippen molar-refractivity contribution in [1.29, 1.82) is 0 Å². The van der Waals surface area contributed by atoms with Crippen LogP contribution in [0.2, 0.25) is 0 Å². The molecule has 0 radical (unpaired) electrons. The first-order valence-electron chi connectivity index (χ1n) is 7.22. The number of nitrogen functional groups attached to an aromatic ring is 1. The van der Waals surface area contributed by atoms with Crippen molar-refractivity contribution in [1.82, 2.24) is 4.90 Å².